The number of amides is 2. The van der Waals surface area contributed by atoms with Gasteiger partial charge in [0.15, 0.2) is 0 Å². The molecule has 2 amide bonds. The third-order valence-corrected chi connectivity index (χ3v) is 4.41. The van der Waals surface area contributed by atoms with E-state index in [2.05, 4.69) is 10.4 Å². The molecule has 1 unspecified atom stereocenters. The van der Waals surface area contributed by atoms with Gasteiger partial charge in [-0.1, -0.05) is 18.2 Å². The minimum atomic E-state index is -0.276. The van der Waals surface area contributed by atoms with Crippen LogP contribution in [0.3, 0.4) is 0 Å². The summed E-state index contributed by atoms with van der Waals surface area (Å²) in [6.45, 7) is 0.537. The second-order valence-corrected chi connectivity index (χ2v) is 6.13. The summed E-state index contributed by atoms with van der Waals surface area (Å²) in [6, 6.07) is 11.8. The topological polar surface area (TPSA) is 67.2 Å². The minimum absolute atomic E-state index is 0.101. The van der Waals surface area contributed by atoms with E-state index >= 15 is 0 Å². The van der Waals surface area contributed by atoms with Gasteiger partial charge in [0, 0.05) is 25.1 Å². The summed E-state index contributed by atoms with van der Waals surface area (Å²) in [5, 5.41) is 7.17. The maximum absolute atomic E-state index is 12.5. The van der Waals surface area contributed by atoms with E-state index in [0.29, 0.717) is 24.8 Å². The summed E-state index contributed by atoms with van der Waals surface area (Å²) >= 11 is 0. The van der Waals surface area contributed by atoms with E-state index in [0.717, 1.165) is 18.5 Å². The molecule has 1 N–H and O–H groups in total. The van der Waals surface area contributed by atoms with E-state index in [4.69, 9.17) is 0 Å². The highest BCUT2D eigenvalue weighted by Gasteiger charge is 2.41. The number of carbonyl (C=O) groups is 2. The molecule has 6 nitrogen and oxygen atoms in total. The van der Waals surface area contributed by atoms with E-state index < -0.39 is 0 Å². The summed E-state index contributed by atoms with van der Waals surface area (Å²) in [4.78, 5) is 26.3. The fraction of sp³-hybridized carbons (Fsp3) is 0.353. The van der Waals surface area contributed by atoms with Crippen LogP contribution in [0.2, 0.25) is 0 Å². The van der Waals surface area contributed by atoms with E-state index in [-0.39, 0.29) is 17.7 Å². The number of anilines is 1. The number of carbonyl (C=O) groups excluding carboxylic acids is 2. The number of nitrogens with one attached hydrogen (secondary N) is 1. The van der Waals surface area contributed by atoms with Gasteiger partial charge in [0.1, 0.15) is 5.82 Å². The molecule has 2 aromatic rings. The van der Waals surface area contributed by atoms with Gasteiger partial charge in [0.2, 0.25) is 11.8 Å². The van der Waals surface area contributed by atoms with Crippen LogP contribution in [0, 0.1) is 5.92 Å². The number of hydrogen-bond donors (Lipinski definition) is 1. The lowest BCUT2D eigenvalue weighted by molar-refractivity contribution is -0.128. The molecule has 0 spiro atoms. The lowest BCUT2D eigenvalue weighted by atomic mass is 10.1. The minimum Gasteiger partial charge on any atom is -0.339 e. The van der Waals surface area contributed by atoms with Crippen molar-refractivity contribution in [3.05, 3.63) is 42.6 Å². The monoisotopic (exact) mass is 310 g/mol. The van der Waals surface area contributed by atoms with Gasteiger partial charge in [-0.05, 0) is 25.0 Å². The first kappa shape index (κ1) is 14.0. The Morgan fingerprint density at radius 3 is 2.70 bits per heavy atom. The van der Waals surface area contributed by atoms with Crippen molar-refractivity contribution in [2.45, 2.75) is 25.3 Å². The number of aromatic nitrogens is 2. The Labute approximate surface area is 134 Å². The SMILES string of the molecule is O=C(Nc1ccnn1-c1ccccc1)C1CC(=O)N(C2CC2)C1. The Bertz CT molecular complexity index is 736. The van der Waals surface area contributed by atoms with Crippen molar-refractivity contribution in [1.82, 2.24) is 14.7 Å². The molecule has 1 atom stereocenters. The van der Waals surface area contributed by atoms with Crippen molar-refractivity contribution >= 4 is 17.6 Å². The van der Waals surface area contributed by atoms with Crippen LogP contribution in [0.5, 0.6) is 0 Å². The van der Waals surface area contributed by atoms with Gasteiger partial charge in [-0.2, -0.15) is 5.10 Å². The van der Waals surface area contributed by atoms with Crippen molar-refractivity contribution < 1.29 is 9.59 Å². The molecule has 118 valence electrons. The Kier molecular flexibility index (Phi) is 3.37. The van der Waals surface area contributed by atoms with Crippen LogP contribution in [-0.2, 0) is 9.59 Å². The predicted octanol–water partition coefficient (Wildman–Crippen LogP) is 1.82. The van der Waals surface area contributed by atoms with Gasteiger partial charge in [0.25, 0.3) is 0 Å². The molecule has 2 fully saturated rings. The molecule has 1 saturated carbocycles. The summed E-state index contributed by atoms with van der Waals surface area (Å²) in [5.74, 6) is 0.337. The molecule has 0 bridgehead atoms. The number of benzene rings is 1. The summed E-state index contributed by atoms with van der Waals surface area (Å²) in [6.07, 6.45) is 4.10. The van der Waals surface area contributed by atoms with E-state index in [1.807, 2.05) is 35.2 Å². The van der Waals surface area contributed by atoms with E-state index in [1.165, 1.54) is 0 Å². The third-order valence-electron chi connectivity index (χ3n) is 4.41. The summed E-state index contributed by atoms with van der Waals surface area (Å²) in [5.41, 5.74) is 0.884. The molecule has 2 heterocycles. The number of rotatable bonds is 4. The second kappa shape index (κ2) is 5.53. The zero-order valence-electron chi connectivity index (χ0n) is 12.7. The van der Waals surface area contributed by atoms with Gasteiger partial charge in [-0.3, -0.25) is 9.59 Å². The number of nitrogens with zero attached hydrogens (tertiary/aromatic N) is 3. The molecular weight excluding hydrogens is 292 g/mol. The quantitative estimate of drug-likeness (QED) is 0.936. The molecule has 1 aromatic heterocycles. The average Bonchev–Trinajstić information content (AvgIpc) is 3.18. The predicted molar refractivity (Wildman–Crippen MR) is 85.0 cm³/mol. The normalized spacial score (nSPS) is 20.8. The average molecular weight is 310 g/mol. The lowest BCUT2D eigenvalue weighted by Crippen LogP contribution is -2.30. The molecule has 2 aliphatic rings. The van der Waals surface area contributed by atoms with Crippen LogP contribution in [0.1, 0.15) is 19.3 Å². The first-order chi connectivity index (χ1) is 11.2. The van der Waals surface area contributed by atoms with Gasteiger partial charge in [-0.15, -0.1) is 0 Å². The smallest absolute Gasteiger partial charge is 0.230 e. The van der Waals surface area contributed by atoms with Crippen LogP contribution < -0.4 is 5.32 Å². The highest BCUT2D eigenvalue weighted by atomic mass is 16.2. The first-order valence-corrected chi connectivity index (χ1v) is 7.92. The van der Waals surface area contributed by atoms with Crippen molar-refractivity contribution in [1.29, 1.82) is 0 Å². The number of hydrogen-bond acceptors (Lipinski definition) is 3. The summed E-state index contributed by atoms with van der Waals surface area (Å²) < 4.78 is 1.69. The molecule has 23 heavy (non-hydrogen) atoms. The highest BCUT2D eigenvalue weighted by Crippen LogP contribution is 2.33. The van der Waals surface area contributed by atoms with E-state index in [9.17, 15) is 9.59 Å². The molecule has 6 heteroatoms. The van der Waals surface area contributed by atoms with Crippen LogP contribution in [0.4, 0.5) is 5.82 Å². The Balaban J connectivity index is 1.48. The molecule has 0 radical (unpaired) electrons. The van der Waals surface area contributed by atoms with Crippen LogP contribution in [0.15, 0.2) is 42.6 Å². The van der Waals surface area contributed by atoms with Gasteiger partial charge < -0.3 is 10.2 Å². The summed E-state index contributed by atoms with van der Waals surface area (Å²) in [7, 11) is 0. The first-order valence-electron chi connectivity index (χ1n) is 7.92. The lowest BCUT2D eigenvalue weighted by Gasteiger charge is -2.15. The van der Waals surface area contributed by atoms with E-state index in [1.54, 1.807) is 16.9 Å². The zero-order valence-corrected chi connectivity index (χ0v) is 12.7. The number of para-hydroxylation sites is 1. The Hall–Kier alpha value is -2.63. The molecule has 1 aromatic carbocycles. The van der Waals surface area contributed by atoms with Crippen molar-refractivity contribution in [3.8, 4) is 5.69 Å². The maximum atomic E-state index is 12.5. The van der Waals surface area contributed by atoms with Crippen LogP contribution in [-0.4, -0.2) is 39.1 Å². The van der Waals surface area contributed by atoms with Crippen molar-refractivity contribution in [2.24, 2.45) is 5.92 Å². The van der Waals surface area contributed by atoms with Crippen molar-refractivity contribution in [2.75, 3.05) is 11.9 Å². The third kappa shape index (κ3) is 2.72. The van der Waals surface area contributed by atoms with Gasteiger partial charge in [0.05, 0.1) is 17.8 Å². The standard InChI is InChI=1S/C17H18N4O2/c22-16-10-12(11-20(16)13-6-7-13)17(23)19-15-8-9-18-21(15)14-4-2-1-3-5-14/h1-5,8-9,12-13H,6-7,10-11H2,(H,19,23). The fourth-order valence-electron chi connectivity index (χ4n) is 3.05. The Morgan fingerprint density at radius 1 is 1.17 bits per heavy atom. The molecule has 4 rings (SSSR count). The van der Waals surface area contributed by atoms with Crippen LogP contribution in [0.25, 0.3) is 5.69 Å². The number of likely N-dealkylation sites (tertiary alicyclic amines) is 1. The van der Waals surface area contributed by atoms with Crippen LogP contribution >= 0.6 is 0 Å². The van der Waals surface area contributed by atoms with Gasteiger partial charge >= 0.3 is 0 Å². The molecular formula is C17H18N4O2. The fourth-order valence-corrected chi connectivity index (χ4v) is 3.05. The Morgan fingerprint density at radius 2 is 1.96 bits per heavy atom. The van der Waals surface area contributed by atoms with Crippen molar-refractivity contribution in [3.63, 3.8) is 0 Å². The molecule has 1 aliphatic heterocycles. The van der Waals surface area contributed by atoms with Gasteiger partial charge in [-0.25, -0.2) is 4.68 Å². The zero-order chi connectivity index (χ0) is 15.8. The largest absolute Gasteiger partial charge is 0.339 e. The molecule has 1 saturated heterocycles. The molecule has 1 aliphatic carbocycles. The highest BCUT2D eigenvalue weighted by molar-refractivity contribution is 5.97. The maximum Gasteiger partial charge on any atom is 0.230 e. The second-order valence-electron chi connectivity index (χ2n) is 6.13.